The lowest BCUT2D eigenvalue weighted by molar-refractivity contribution is -0.133. The normalized spacial score (nSPS) is 15.9. The van der Waals surface area contributed by atoms with E-state index in [-0.39, 0.29) is 36.8 Å². The summed E-state index contributed by atoms with van der Waals surface area (Å²) in [6, 6.07) is -0.371. The summed E-state index contributed by atoms with van der Waals surface area (Å²) < 4.78 is 4.31. The van der Waals surface area contributed by atoms with E-state index in [0.29, 0.717) is 19.0 Å². The first kappa shape index (κ1) is 22.4. The third-order valence-corrected chi connectivity index (χ3v) is 4.49. The monoisotopic (exact) mass is 383 g/mol. The van der Waals surface area contributed by atoms with Crippen LogP contribution in [-0.2, 0) is 11.2 Å². The van der Waals surface area contributed by atoms with Gasteiger partial charge in [-0.1, -0.05) is 20.8 Å². The minimum atomic E-state index is -0.371. The lowest BCUT2D eigenvalue weighted by Crippen LogP contribution is -2.53. The highest BCUT2D eigenvalue weighted by molar-refractivity contribution is 7.09. The Hall–Kier alpha value is -0.630. The Bertz CT molecular complexity index is 477. The largest absolute Gasteiger partial charge is 0.343 e. The molecule has 2 N–H and O–H groups in total. The molecule has 1 amide bonds. The summed E-state index contributed by atoms with van der Waals surface area (Å²) in [5, 5.41) is 0.963. The second kappa shape index (κ2) is 10.3. The van der Waals surface area contributed by atoms with Crippen molar-refractivity contribution in [2.24, 2.45) is 11.7 Å². The minimum Gasteiger partial charge on any atom is -0.343 e. The van der Waals surface area contributed by atoms with E-state index >= 15 is 0 Å². The Morgan fingerprint density at radius 3 is 2.35 bits per heavy atom. The summed E-state index contributed by atoms with van der Waals surface area (Å²) in [4.78, 5) is 20.9. The van der Waals surface area contributed by atoms with E-state index in [1.54, 1.807) is 0 Å². The summed E-state index contributed by atoms with van der Waals surface area (Å²) in [6.07, 6.45) is 1.61. The van der Waals surface area contributed by atoms with Gasteiger partial charge < -0.3 is 15.5 Å². The van der Waals surface area contributed by atoms with Crippen LogP contribution in [0, 0.1) is 5.92 Å². The number of piperazine rings is 1. The molecule has 1 atom stereocenters. The van der Waals surface area contributed by atoms with Crippen molar-refractivity contribution in [3.8, 4) is 0 Å². The number of carbonyl (C=O) groups is 1. The highest BCUT2D eigenvalue weighted by atomic mass is 35.5. The molecule has 1 aromatic rings. The molecule has 0 spiro atoms. The van der Waals surface area contributed by atoms with E-state index in [4.69, 9.17) is 5.73 Å². The molecular weight excluding hydrogens is 357 g/mol. The van der Waals surface area contributed by atoms with Crippen molar-refractivity contribution in [1.29, 1.82) is 0 Å². The average Bonchev–Trinajstić information content (AvgIpc) is 2.95. The van der Waals surface area contributed by atoms with Crippen molar-refractivity contribution in [2.75, 3.05) is 31.1 Å². The highest BCUT2D eigenvalue weighted by Crippen LogP contribution is 2.19. The number of hydrogen-bond donors (Lipinski definition) is 1. The summed E-state index contributed by atoms with van der Waals surface area (Å²) >= 11 is 1.44. The first-order valence-electron chi connectivity index (χ1n) is 7.63. The molecule has 9 heteroatoms. The number of carbonyl (C=O) groups excluding carboxylic acids is 1. The van der Waals surface area contributed by atoms with E-state index in [0.717, 1.165) is 36.9 Å². The summed E-state index contributed by atoms with van der Waals surface area (Å²) in [5.74, 6) is 1.42. The summed E-state index contributed by atoms with van der Waals surface area (Å²) in [6.45, 7) is 9.27. The number of aromatic nitrogens is 2. The molecule has 0 aromatic carbocycles. The number of anilines is 1. The van der Waals surface area contributed by atoms with Crippen LogP contribution in [0.3, 0.4) is 0 Å². The molecule has 1 saturated heterocycles. The summed E-state index contributed by atoms with van der Waals surface area (Å²) in [5.41, 5.74) is 5.99. The fourth-order valence-electron chi connectivity index (χ4n) is 2.48. The number of aryl methyl sites for hydroxylation is 1. The van der Waals surface area contributed by atoms with Crippen molar-refractivity contribution in [3.05, 3.63) is 5.82 Å². The molecule has 1 aliphatic rings. The van der Waals surface area contributed by atoms with Gasteiger partial charge in [0.15, 0.2) is 0 Å². The van der Waals surface area contributed by atoms with Gasteiger partial charge in [0.2, 0.25) is 11.0 Å². The van der Waals surface area contributed by atoms with Crippen LogP contribution >= 0.6 is 36.3 Å². The number of rotatable bonds is 5. The van der Waals surface area contributed by atoms with Crippen molar-refractivity contribution in [2.45, 2.75) is 39.7 Å². The molecule has 1 fully saturated rings. The SMILES string of the molecule is CCc1nsc(N2CCN(C(=O)[C@@H](N)CC(C)C)CC2)n1.Cl.Cl. The van der Waals surface area contributed by atoms with Crippen LogP contribution in [0.15, 0.2) is 0 Å². The molecule has 1 aliphatic heterocycles. The Labute approximate surface area is 154 Å². The van der Waals surface area contributed by atoms with E-state index in [1.165, 1.54) is 11.5 Å². The minimum absolute atomic E-state index is 0. The molecule has 0 unspecified atom stereocenters. The second-order valence-corrected chi connectivity index (χ2v) is 6.63. The van der Waals surface area contributed by atoms with Crippen LogP contribution in [0.25, 0.3) is 0 Å². The van der Waals surface area contributed by atoms with E-state index < -0.39 is 0 Å². The van der Waals surface area contributed by atoms with Gasteiger partial charge in [0.1, 0.15) is 5.82 Å². The fourth-order valence-corrected chi connectivity index (χ4v) is 3.28. The maximum absolute atomic E-state index is 12.3. The molecular formula is C14H27Cl2N5OS. The van der Waals surface area contributed by atoms with Gasteiger partial charge >= 0.3 is 0 Å². The molecule has 1 aromatic heterocycles. The van der Waals surface area contributed by atoms with Gasteiger partial charge in [0.05, 0.1) is 6.04 Å². The van der Waals surface area contributed by atoms with Crippen LogP contribution in [0.5, 0.6) is 0 Å². The summed E-state index contributed by atoms with van der Waals surface area (Å²) in [7, 11) is 0. The maximum Gasteiger partial charge on any atom is 0.239 e. The molecule has 0 saturated carbocycles. The zero-order chi connectivity index (χ0) is 15.4. The highest BCUT2D eigenvalue weighted by Gasteiger charge is 2.26. The topological polar surface area (TPSA) is 75.4 Å². The Balaban J connectivity index is 0.00000242. The Morgan fingerprint density at radius 2 is 1.87 bits per heavy atom. The molecule has 134 valence electrons. The van der Waals surface area contributed by atoms with Crippen molar-refractivity contribution >= 4 is 47.4 Å². The molecule has 2 heterocycles. The number of hydrogen-bond acceptors (Lipinski definition) is 6. The lowest BCUT2D eigenvalue weighted by atomic mass is 10.0. The fraction of sp³-hybridized carbons (Fsp3) is 0.786. The molecule has 0 radical (unpaired) electrons. The number of nitrogens with zero attached hydrogens (tertiary/aromatic N) is 4. The van der Waals surface area contributed by atoms with Crippen LogP contribution in [-0.4, -0.2) is 52.4 Å². The van der Waals surface area contributed by atoms with Gasteiger partial charge in [-0.05, 0) is 12.3 Å². The molecule has 2 rings (SSSR count). The molecule has 0 bridgehead atoms. The van der Waals surface area contributed by atoms with E-state index in [2.05, 4.69) is 35.0 Å². The smallest absolute Gasteiger partial charge is 0.239 e. The third kappa shape index (κ3) is 6.06. The van der Waals surface area contributed by atoms with Gasteiger partial charge in [0, 0.05) is 44.1 Å². The van der Waals surface area contributed by atoms with E-state index in [1.807, 2.05) is 4.90 Å². The zero-order valence-corrected chi connectivity index (χ0v) is 16.3. The van der Waals surface area contributed by atoms with Crippen molar-refractivity contribution in [1.82, 2.24) is 14.3 Å². The van der Waals surface area contributed by atoms with Gasteiger partial charge in [-0.2, -0.15) is 4.37 Å². The first-order chi connectivity index (χ1) is 10.0. The van der Waals surface area contributed by atoms with Crippen LogP contribution in [0.2, 0.25) is 0 Å². The quantitative estimate of drug-likeness (QED) is 0.840. The van der Waals surface area contributed by atoms with Gasteiger partial charge in [-0.3, -0.25) is 4.79 Å². The third-order valence-electron chi connectivity index (χ3n) is 3.68. The van der Waals surface area contributed by atoms with Crippen LogP contribution in [0.4, 0.5) is 5.13 Å². The first-order valence-corrected chi connectivity index (χ1v) is 8.40. The second-order valence-electron chi connectivity index (χ2n) is 5.90. The standard InChI is InChI=1S/C14H25N5OS.2ClH/c1-4-12-16-14(21-17-12)19-7-5-18(6-8-19)13(20)11(15)9-10(2)3;;/h10-11H,4-9,15H2,1-3H3;2*1H/t11-;;/m0../s1. The predicted molar refractivity (Wildman–Crippen MR) is 100 cm³/mol. The molecule has 0 aliphatic carbocycles. The zero-order valence-electron chi connectivity index (χ0n) is 13.9. The number of nitrogens with two attached hydrogens (primary N) is 1. The van der Waals surface area contributed by atoms with Crippen molar-refractivity contribution in [3.63, 3.8) is 0 Å². The lowest BCUT2D eigenvalue weighted by Gasteiger charge is -2.35. The number of halogens is 2. The average molecular weight is 384 g/mol. The van der Waals surface area contributed by atoms with E-state index in [9.17, 15) is 4.79 Å². The maximum atomic E-state index is 12.3. The number of amides is 1. The Morgan fingerprint density at radius 1 is 1.26 bits per heavy atom. The Kier molecular flexibility index (Phi) is 10.00. The van der Waals surface area contributed by atoms with Gasteiger partial charge in [0.25, 0.3) is 0 Å². The van der Waals surface area contributed by atoms with Gasteiger partial charge in [-0.15, -0.1) is 24.8 Å². The predicted octanol–water partition coefficient (Wildman–Crippen LogP) is 1.97. The van der Waals surface area contributed by atoms with Gasteiger partial charge in [-0.25, -0.2) is 4.98 Å². The molecule has 6 nitrogen and oxygen atoms in total. The van der Waals surface area contributed by atoms with Crippen LogP contribution in [0.1, 0.15) is 33.0 Å². The molecule has 23 heavy (non-hydrogen) atoms. The van der Waals surface area contributed by atoms with Crippen molar-refractivity contribution < 1.29 is 4.79 Å². The van der Waals surface area contributed by atoms with Crippen LogP contribution < -0.4 is 10.6 Å².